The molecule has 4 aliphatic rings. The molecule has 1 amide bonds. The first-order valence-electron chi connectivity index (χ1n) is 11.0. The molecule has 0 N–H and O–H groups in total. The molecule has 1 saturated heterocycles. The molecule has 3 fully saturated rings. The molecule has 0 bridgehead atoms. The third-order valence-electron chi connectivity index (χ3n) is 8.71. The van der Waals surface area contributed by atoms with Crippen molar-refractivity contribution >= 4 is 5.91 Å². The van der Waals surface area contributed by atoms with Gasteiger partial charge in [-0.3, -0.25) is 4.79 Å². The quantitative estimate of drug-likeness (QED) is 0.578. The highest BCUT2D eigenvalue weighted by atomic mass is 16.2. The minimum Gasteiger partial charge on any atom is -0.342 e. The van der Waals surface area contributed by atoms with Gasteiger partial charge in [-0.25, -0.2) is 0 Å². The predicted molar refractivity (Wildman–Crippen MR) is 108 cm³/mol. The van der Waals surface area contributed by atoms with E-state index in [1.807, 2.05) is 0 Å². The van der Waals surface area contributed by atoms with E-state index in [1.54, 1.807) is 5.57 Å². The van der Waals surface area contributed by atoms with Crippen LogP contribution in [0, 0.1) is 28.1 Å². The number of likely N-dealkylation sites (tertiary alicyclic amines) is 1. The minimum atomic E-state index is -0.150. The first kappa shape index (κ1) is 18.3. The van der Waals surface area contributed by atoms with E-state index in [9.17, 15) is 4.79 Å². The second-order valence-corrected chi connectivity index (χ2v) is 10.4. The maximum atomic E-state index is 13.5. The molecule has 0 aromatic carbocycles. The van der Waals surface area contributed by atoms with E-state index >= 15 is 0 Å². The van der Waals surface area contributed by atoms with E-state index in [0.29, 0.717) is 17.7 Å². The van der Waals surface area contributed by atoms with Crippen LogP contribution >= 0.6 is 0 Å². The van der Waals surface area contributed by atoms with E-state index < -0.39 is 0 Å². The van der Waals surface area contributed by atoms with Crippen molar-refractivity contribution in [3.05, 3.63) is 24.3 Å². The number of carbonyl (C=O) groups excluding carboxylic acids is 1. The Balaban J connectivity index is 1.66. The molecule has 0 radical (unpaired) electrons. The summed E-state index contributed by atoms with van der Waals surface area (Å²) in [6, 6.07) is 0. The second kappa shape index (κ2) is 6.24. The van der Waals surface area contributed by atoms with Crippen molar-refractivity contribution in [1.29, 1.82) is 0 Å². The van der Waals surface area contributed by atoms with Crippen LogP contribution in [-0.4, -0.2) is 23.9 Å². The van der Waals surface area contributed by atoms with Gasteiger partial charge in [0.25, 0.3) is 0 Å². The minimum absolute atomic E-state index is 0.150. The normalized spacial score (nSPS) is 45.5. The van der Waals surface area contributed by atoms with Crippen LogP contribution in [0.25, 0.3) is 0 Å². The Hall–Kier alpha value is -1.05. The lowest BCUT2D eigenvalue weighted by molar-refractivity contribution is -0.152. The number of hydrogen-bond acceptors (Lipinski definition) is 1. The van der Waals surface area contributed by atoms with E-state index in [1.165, 1.54) is 44.9 Å². The summed E-state index contributed by atoms with van der Waals surface area (Å²) in [6.45, 7) is 13.3. The maximum absolute atomic E-state index is 13.5. The highest BCUT2D eigenvalue weighted by Crippen LogP contribution is 2.64. The Labute approximate surface area is 160 Å². The number of fused-ring (bicyclic) bond motifs is 3. The van der Waals surface area contributed by atoms with Crippen molar-refractivity contribution in [1.82, 2.24) is 4.90 Å². The lowest BCUT2D eigenvalue weighted by Crippen LogP contribution is -2.55. The van der Waals surface area contributed by atoms with Gasteiger partial charge in [0.05, 0.1) is 5.41 Å². The van der Waals surface area contributed by atoms with Gasteiger partial charge in [-0.2, -0.15) is 0 Å². The molecule has 0 aromatic heterocycles. The summed E-state index contributed by atoms with van der Waals surface area (Å²) in [5.41, 5.74) is 2.05. The SMILES string of the molecule is C=C[C@@]1(C)CC=C2[C@@H](CC[C@@H]3[C@](C)(C(=O)N4CCCC4)CCC[C@@]23C)C1. The Morgan fingerprint density at radius 3 is 2.58 bits per heavy atom. The molecule has 0 aromatic rings. The highest BCUT2D eigenvalue weighted by molar-refractivity contribution is 5.83. The Kier molecular flexibility index (Phi) is 4.40. The topological polar surface area (TPSA) is 20.3 Å². The lowest BCUT2D eigenvalue weighted by atomic mass is 9.46. The predicted octanol–water partition coefficient (Wildman–Crippen LogP) is 5.74. The van der Waals surface area contributed by atoms with Crippen LogP contribution in [0.3, 0.4) is 0 Å². The van der Waals surface area contributed by atoms with Gasteiger partial charge in [0.15, 0.2) is 0 Å². The highest BCUT2D eigenvalue weighted by Gasteiger charge is 2.58. The van der Waals surface area contributed by atoms with Crippen molar-refractivity contribution in [2.75, 3.05) is 13.1 Å². The zero-order valence-corrected chi connectivity index (χ0v) is 17.2. The molecule has 3 aliphatic carbocycles. The Bertz CT molecular complexity index is 630. The van der Waals surface area contributed by atoms with Crippen LogP contribution < -0.4 is 0 Å². The summed E-state index contributed by atoms with van der Waals surface area (Å²) >= 11 is 0. The molecule has 144 valence electrons. The number of nitrogens with zero attached hydrogens (tertiary/aromatic N) is 1. The number of allylic oxidation sites excluding steroid dienone is 3. The zero-order valence-electron chi connectivity index (χ0n) is 17.2. The fourth-order valence-electron chi connectivity index (χ4n) is 7.15. The van der Waals surface area contributed by atoms with Crippen molar-refractivity contribution in [3.8, 4) is 0 Å². The van der Waals surface area contributed by atoms with Crippen LogP contribution in [0.15, 0.2) is 24.3 Å². The summed E-state index contributed by atoms with van der Waals surface area (Å²) in [4.78, 5) is 15.7. The van der Waals surface area contributed by atoms with Crippen molar-refractivity contribution < 1.29 is 4.79 Å². The lowest BCUT2D eigenvalue weighted by Gasteiger charge is -2.59. The van der Waals surface area contributed by atoms with Gasteiger partial charge in [-0.1, -0.05) is 44.9 Å². The molecule has 5 atom stereocenters. The first-order valence-corrected chi connectivity index (χ1v) is 11.0. The van der Waals surface area contributed by atoms with E-state index in [0.717, 1.165) is 25.9 Å². The van der Waals surface area contributed by atoms with Crippen molar-refractivity contribution in [2.24, 2.45) is 28.1 Å². The molecule has 26 heavy (non-hydrogen) atoms. The van der Waals surface area contributed by atoms with Gasteiger partial charge >= 0.3 is 0 Å². The number of carbonyl (C=O) groups is 1. The third-order valence-corrected chi connectivity index (χ3v) is 8.71. The molecule has 2 saturated carbocycles. The van der Waals surface area contributed by atoms with Crippen LogP contribution in [0.5, 0.6) is 0 Å². The van der Waals surface area contributed by atoms with Crippen LogP contribution in [-0.2, 0) is 4.79 Å². The van der Waals surface area contributed by atoms with Gasteiger partial charge in [0.1, 0.15) is 0 Å². The average molecular weight is 356 g/mol. The molecular formula is C24H37NO. The molecule has 4 rings (SSSR count). The Morgan fingerprint density at radius 2 is 1.88 bits per heavy atom. The summed E-state index contributed by atoms with van der Waals surface area (Å²) in [5.74, 6) is 1.70. The average Bonchev–Trinajstić information content (AvgIpc) is 3.15. The molecular weight excluding hydrogens is 318 g/mol. The fraction of sp³-hybridized carbons (Fsp3) is 0.792. The van der Waals surface area contributed by atoms with Gasteiger partial charge < -0.3 is 4.90 Å². The van der Waals surface area contributed by atoms with Crippen molar-refractivity contribution in [3.63, 3.8) is 0 Å². The second-order valence-electron chi connectivity index (χ2n) is 10.4. The van der Waals surface area contributed by atoms with Crippen LogP contribution in [0.4, 0.5) is 0 Å². The summed E-state index contributed by atoms with van der Waals surface area (Å²) in [5, 5.41) is 0. The number of hydrogen-bond donors (Lipinski definition) is 0. The largest absolute Gasteiger partial charge is 0.342 e. The molecule has 1 aliphatic heterocycles. The van der Waals surface area contributed by atoms with Gasteiger partial charge in [0.2, 0.25) is 5.91 Å². The first-order chi connectivity index (χ1) is 12.3. The summed E-state index contributed by atoms with van der Waals surface area (Å²) < 4.78 is 0. The molecule has 0 unspecified atom stereocenters. The van der Waals surface area contributed by atoms with Crippen molar-refractivity contribution in [2.45, 2.75) is 78.6 Å². The van der Waals surface area contributed by atoms with E-state index in [-0.39, 0.29) is 16.2 Å². The number of amides is 1. The number of rotatable bonds is 2. The summed E-state index contributed by atoms with van der Waals surface area (Å²) in [7, 11) is 0. The van der Waals surface area contributed by atoms with E-state index in [4.69, 9.17) is 0 Å². The van der Waals surface area contributed by atoms with E-state index in [2.05, 4.69) is 44.4 Å². The fourth-order valence-corrected chi connectivity index (χ4v) is 7.15. The Morgan fingerprint density at radius 1 is 1.15 bits per heavy atom. The zero-order chi connectivity index (χ0) is 18.6. The van der Waals surface area contributed by atoms with Gasteiger partial charge in [0, 0.05) is 13.1 Å². The van der Waals surface area contributed by atoms with Crippen LogP contribution in [0.1, 0.15) is 78.6 Å². The molecule has 2 heteroatoms. The summed E-state index contributed by atoms with van der Waals surface area (Å²) in [6.07, 6.45) is 15.5. The smallest absolute Gasteiger partial charge is 0.228 e. The molecule has 0 spiro atoms. The molecule has 2 nitrogen and oxygen atoms in total. The maximum Gasteiger partial charge on any atom is 0.228 e. The monoisotopic (exact) mass is 355 g/mol. The standard InChI is InChI=1S/C24H37NO/c1-5-22(2)14-11-19-18(17-22)9-10-20-23(19,3)12-8-13-24(20,4)21(26)25-15-6-7-16-25/h5,11,18,20H,1,6-10,12-17H2,2-4H3/t18-,20-,22-,23-,24+/m0/s1. The molecule has 1 heterocycles. The third kappa shape index (κ3) is 2.62. The van der Waals surface area contributed by atoms with Gasteiger partial charge in [-0.05, 0) is 74.0 Å². The van der Waals surface area contributed by atoms with Gasteiger partial charge in [-0.15, -0.1) is 6.58 Å². The van der Waals surface area contributed by atoms with Crippen LogP contribution in [0.2, 0.25) is 0 Å².